The molecular weight excluding hydrogens is 328 g/mol. The molecule has 0 aliphatic carbocycles. The number of hydrogen-bond acceptors (Lipinski definition) is 0. The Morgan fingerprint density at radius 2 is 0.926 bits per heavy atom. The van der Waals surface area contributed by atoms with E-state index in [2.05, 4.69) is 47.8 Å². The van der Waals surface area contributed by atoms with Crippen LogP contribution in [0.4, 0.5) is 0 Å². The van der Waals surface area contributed by atoms with E-state index in [0.717, 1.165) is 11.0 Å². The maximum Gasteiger partial charge on any atom is 0.0969 e. The average molecular weight is 383 g/mol. The fraction of sp³-hybridized carbons (Fsp3) is 0.920. The van der Waals surface area contributed by atoms with Crippen LogP contribution in [0, 0.1) is 0 Å². The van der Waals surface area contributed by atoms with Gasteiger partial charge in [0.05, 0.1) is 54.4 Å². The van der Waals surface area contributed by atoms with Gasteiger partial charge in [-0.3, -0.25) is 0 Å². The largest absolute Gasteiger partial charge is 0.331 e. The van der Waals surface area contributed by atoms with Gasteiger partial charge in [0.15, 0.2) is 0 Å². The van der Waals surface area contributed by atoms with Crippen molar-refractivity contribution in [2.45, 2.75) is 96.8 Å². The first-order valence-electron chi connectivity index (χ1n) is 12.1. The number of rotatable bonds is 20. The van der Waals surface area contributed by atoms with Crippen LogP contribution in [0.2, 0.25) is 0 Å². The van der Waals surface area contributed by atoms with Gasteiger partial charge in [-0.1, -0.05) is 77.7 Å². The van der Waals surface area contributed by atoms with Crippen molar-refractivity contribution in [1.29, 1.82) is 0 Å². The van der Waals surface area contributed by atoms with Crippen LogP contribution < -0.4 is 0 Å². The molecule has 0 N–H and O–H groups in total. The summed E-state index contributed by atoms with van der Waals surface area (Å²) in [5.74, 6) is 0. The van der Waals surface area contributed by atoms with Crippen molar-refractivity contribution in [3.63, 3.8) is 0 Å². The van der Waals surface area contributed by atoms with Gasteiger partial charge in [0, 0.05) is 12.8 Å². The Hall–Kier alpha value is -0.340. The van der Waals surface area contributed by atoms with Crippen LogP contribution in [-0.2, 0) is 0 Å². The minimum atomic E-state index is 1.09. The molecule has 0 aliphatic heterocycles. The molecule has 2 nitrogen and oxygen atoms in total. The highest BCUT2D eigenvalue weighted by molar-refractivity contribution is 4.65. The molecule has 0 saturated carbocycles. The second-order valence-electron chi connectivity index (χ2n) is 10.1. The number of hydrogen-bond donors (Lipinski definition) is 0. The fourth-order valence-electron chi connectivity index (χ4n) is 4.02. The number of likely N-dealkylation sites (N-methyl/N-ethyl adjacent to an activating group) is 1. The molecule has 0 aliphatic rings. The van der Waals surface area contributed by atoms with Crippen LogP contribution >= 0.6 is 0 Å². The molecule has 0 rings (SSSR count). The minimum Gasteiger partial charge on any atom is -0.331 e. The first-order chi connectivity index (χ1) is 12.8. The van der Waals surface area contributed by atoms with Crippen molar-refractivity contribution in [1.82, 2.24) is 0 Å². The highest BCUT2D eigenvalue weighted by Crippen LogP contribution is 2.14. The predicted octanol–water partition coefficient (Wildman–Crippen LogP) is 6.81. The molecule has 2 heteroatoms. The van der Waals surface area contributed by atoms with Gasteiger partial charge < -0.3 is 8.97 Å². The van der Waals surface area contributed by atoms with Gasteiger partial charge in [-0.15, -0.1) is 0 Å². The minimum absolute atomic E-state index is 1.09. The summed E-state index contributed by atoms with van der Waals surface area (Å²) < 4.78 is 2.28. The molecule has 1 unspecified atom stereocenters. The molecule has 0 bridgehead atoms. The Bertz CT molecular complexity index is 332. The molecule has 0 saturated heterocycles. The summed E-state index contributed by atoms with van der Waals surface area (Å²) in [7, 11) is 9.32. The molecule has 0 aromatic heterocycles. The van der Waals surface area contributed by atoms with E-state index in [0.29, 0.717) is 0 Å². The Morgan fingerprint density at radius 3 is 1.33 bits per heavy atom. The molecule has 0 fully saturated rings. The third-order valence-electron chi connectivity index (χ3n) is 5.90. The maximum absolute atomic E-state index is 4.00. The smallest absolute Gasteiger partial charge is 0.0969 e. The molecule has 27 heavy (non-hydrogen) atoms. The molecule has 0 spiro atoms. The van der Waals surface area contributed by atoms with Crippen LogP contribution in [0.25, 0.3) is 0 Å². The topological polar surface area (TPSA) is 0 Å². The van der Waals surface area contributed by atoms with Crippen molar-refractivity contribution in [2.75, 3.05) is 54.4 Å². The third kappa shape index (κ3) is 18.8. The number of nitrogens with zero attached hydrogens (tertiary/aromatic N) is 2. The van der Waals surface area contributed by atoms with Gasteiger partial charge >= 0.3 is 0 Å². The van der Waals surface area contributed by atoms with E-state index in [-0.39, 0.29) is 0 Å². The number of unbranched alkanes of at least 4 members (excludes halogenated alkanes) is 12. The zero-order chi connectivity index (χ0) is 20.4. The summed E-state index contributed by atoms with van der Waals surface area (Å²) >= 11 is 0. The van der Waals surface area contributed by atoms with Gasteiger partial charge in [0.2, 0.25) is 0 Å². The monoisotopic (exact) mass is 382 g/mol. The molecule has 162 valence electrons. The van der Waals surface area contributed by atoms with Crippen LogP contribution in [0.5, 0.6) is 0 Å². The molecule has 0 aromatic rings. The summed E-state index contributed by atoms with van der Waals surface area (Å²) in [6.45, 7) is 11.3. The maximum atomic E-state index is 4.00. The average Bonchev–Trinajstić information content (AvgIpc) is 2.59. The lowest BCUT2D eigenvalue weighted by Gasteiger charge is -2.34. The van der Waals surface area contributed by atoms with E-state index in [1.807, 2.05) is 0 Å². The lowest BCUT2D eigenvalue weighted by atomic mass is 10.0. The SMILES string of the molecule is C=CC[N+](C)(CCCCCCCCCCCCCC)CCCC[N+](C)(C)C. The van der Waals surface area contributed by atoms with Crippen molar-refractivity contribution >= 4 is 0 Å². The lowest BCUT2D eigenvalue weighted by Crippen LogP contribution is -2.46. The van der Waals surface area contributed by atoms with Gasteiger partial charge in [-0.25, -0.2) is 0 Å². The van der Waals surface area contributed by atoms with E-state index in [9.17, 15) is 0 Å². The van der Waals surface area contributed by atoms with Gasteiger partial charge in [0.25, 0.3) is 0 Å². The lowest BCUT2D eigenvalue weighted by molar-refractivity contribution is -0.905. The normalized spacial score (nSPS) is 14.3. The van der Waals surface area contributed by atoms with Crippen molar-refractivity contribution in [2.24, 2.45) is 0 Å². The highest BCUT2D eigenvalue weighted by Gasteiger charge is 2.19. The van der Waals surface area contributed by atoms with E-state index in [1.165, 1.54) is 114 Å². The quantitative estimate of drug-likeness (QED) is 0.123. The van der Waals surface area contributed by atoms with Crippen molar-refractivity contribution in [3.05, 3.63) is 12.7 Å². The Labute approximate surface area is 173 Å². The number of quaternary nitrogens is 2. The Kier molecular flexibility index (Phi) is 16.4. The van der Waals surface area contributed by atoms with Crippen molar-refractivity contribution in [3.8, 4) is 0 Å². The Morgan fingerprint density at radius 1 is 0.556 bits per heavy atom. The summed E-state index contributed by atoms with van der Waals surface area (Å²) in [6, 6.07) is 0. The summed E-state index contributed by atoms with van der Waals surface area (Å²) in [5.41, 5.74) is 0. The molecular formula is C25H54N2+2. The fourth-order valence-corrected chi connectivity index (χ4v) is 4.02. The molecule has 0 aromatic carbocycles. The third-order valence-corrected chi connectivity index (χ3v) is 5.90. The first-order valence-corrected chi connectivity index (χ1v) is 12.1. The van der Waals surface area contributed by atoms with Crippen LogP contribution in [-0.4, -0.2) is 63.3 Å². The Balaban J connectivity index is 3.67. The van der Waals surface area contributed by atoms with E-state index >= 15 is 0 Å². The highest BCUT2D eigenvalue weighted by atomic mass is 15.3. The zero-order valence-corrected chi connectivity index (χ0v) is 19.9. The molecule has 0 amide bonds. The molecule has 0 radical (unpaired) electrons. The van der Waals surface area contributed by atoms with Crippen LogP contribution in [0.15, 0.2) is 12.7 Å². The van der Waals surface area contributed by atoms with Gasteiger partial charge in [0.1, 0.15) is 0 Å². The van der Waals surface area contributed by atoms with E-state index in [4.69, 9.17) is 0 Å². The standard InChI is InChI=1S/C25H54N2/c1-7-9-10-11-12-13-14-15-16-17-18-19-24-27(6,22-8-2)25-21-20-23-26(3,4)5/h8H,2,7,9-25H2,1,3-6H3/q+2. The second-order valence-corrected chi connectivity index (χ2v) is 10.1. The molecule has 0 heterocycles. The summed E-state index contributed by atoms with van der Waals surface area (Å²) in [6.07, 6.45) is 22.0. The second kappa shape index (κ2) is 16.6. The van der Waals surface area contributed by atoms with Crippen LogP contribution in [0.3, 0.4) is 0 Å². The van der Waals surface area contributed by atoms with Crippen LogP contribution in [0.1, 0.15) is 96.8 Å². The predicted molar refractivity (Wildman–Crippen MR) is 124 cm³/mol. The van der Waals surface area contributed by atoms with E-state index < -0.39 is 0 Å². The van der Waals surface area contributed by atoms with Gasteiger partial charge in [-0.2, -0.15) is 0 Å². The van der Waals surface area contributed by atoms with E-state index in [1.54, 1.807) is 0 Å². The zero-order valence-electron chi connectivity index (χ0n) is 19.9. The first kappa shape index (κ1) is 26.7. The summed E-state index contributed by atoms with van der Waals surface area (Å²) in [5, 5.41) is 0. The summed E-state index contributed by atoms with van der Waals surface area (Å²) in [4.78, 5) is 0. The van der Waals surface area contributed by atoms with Gasteiger partial charge in [-0.05, 0) is 18.9 Å². The van der Waals surface area contributed by atoms with Crippen molar-refractivity contribution < 1.29 is 8.97 Å². The molecule has 1 atom stereocenters.